The van der Waals surface area contributed by atoms with Crippen LogP contribution in [0.2, 0.25) is 0 Å². The monoisotopic (exact) mass is 448 g/mol. The molecule has 168 valence electrons. The Morgan fingerprint density at radius 1 is 0.400 bits per heavy atom. The Morgan fingerprint density at radius 3 is 1.80 bits per heavy atom. The molecule has 0 saturated heterocycles. The molecule has 0 saturated carbocycles. The second-order valence-corrected chi connectivity index (χ2v) is 10.7. The van der Waals surface area contributed by atoms with E-state index in [0.717, 1.165) is 0 Å². The molecule has 0 heterocycles. The normalized spacial score (nSPS) is 18.5. The van der Waals surface area contributed by atoms with Crippen molar-refractivity contribution in [1.29, 1.82) is 0 Å². The van der Waals surface area contributed by atoms with Gasteiger partial charge in [-0.2, -0.15) is 0 Å². The number of hydrogen-bond donors (Lipinski definition) is 0. The maximum Gasteiger partial charge on any atom is 0.0441 e. The Morgan fingerprint density at radius 2 is 1.00 bits per heavy atom. The highest BCUT2D eigenvalue weighted by Gasteiger charge is 2.45. The molecule has 0 nitrogen and oxygen atoms in total. The molecule has 0 fully saturated rings. The van der Waals surface area contributed by atoms with E-state index in [4.69, 9.17) is 0 Å². The summed E-state index contributed by atoms with van der Waals surface area (Å²) in [6.45, 7) is 7.17. The number of hydrogen-bond acceptors (Lipinski definition) is 0. The van der Waals surface area contributed by atoms with E-state index in [-0.39, 0.29) is 10.8 Å². The number of fused-ring (bicyclic) bond motifs is 6. The summed E-state index contributed by atoms with van der Waals surface area (Å²) < 4.78 is 0. The first-order chi connectivity index (χ1) is 17.0. The van der Waals surface area contributed by atoms with Crippen molar-refractivity contribution < 1.29 is 0 Å². The molecule has 5 aromatic rings. The fourth-order valence-electron chi connectivity index (χ4n) is 6.77. The molecule has 0 aliphatic heterocycles. The van der Waals surface area contributed by atoms with E-state index in [2.05, 4.69) is 136 Å². The van der Waals surface area contributed by atoms with Crippen molar-refractivity contribution in [2.24, 2.45) is 0 Å². The molecule has 35 heavy (non-hydrogen) atoms. The Balaban J connectivity index is 1.53. The lowest BCUT2D eigenvalue weighted by atomic mass is 9.71. The molecule has 0 amide bonds. The molecule has 7 rings (SSSR count). The topological polar surface area (TPSA) is 0 Å². The van der Waals surface area contributed by atoms with Crippen molar-refractivity contribution in [2.45, 2.75) is 31.6 Å². The van der Waals surface area contributed by atoms with Gasteiger partial charge in [0.2, 0.25) is 0 Å². The van der Waals surface area contributed by atoms with E-state index in [1.807, 2.05) is 0 Å². The van der Waals surface area contributed by atoms with E-state index in [1.54, 1.807) is 0 Å². The summed E-state index contributed by atoms with van der Waals surface area (Å²) in [5.41, 5.74) is 14.9. The van der Waals surface area contributed by atoms with Gasteiger partial charge >= 0.3 is 0 Å². The van der Waals surface area contributed by atoms with Crippen LogP contribution in [-0.4, -0.2) is 0 Å². The van der Waals surface area contributed by atoms with Crippen molar-refractivity contribution in [2.75, 3.05) is 0 Å². The lowest BCUT2D eigenvalue weighted by Gasteiger charge is -2.31. The summed E-state index contributed by atoms with van der Waals surface area (Å²) in [5, 5.41) is 0. The van der Waals surface area contributed by atoms with Crippen molar-refractivity contribution in [3.8, 4) is 33.4 Å². The van der Waals surface area contributed by atoms with E-state index in [0.29, 0.717) is 0 Å². The third-order valence-corrected chi connectivity index (χ3v) is 8.57. The first-order valence-electron chi connectivity index (χ1n) is 12.5. The van der Waals surface area contributed by atoms with Gasteiger partial charge in [0.15, 0.2) is 0 Å². The zero-order valence-corrected chi connectivity index (χ0v) is 20.5. The molecule has 0 aromatic heterocycles. The van der Waals surface area contributed by atoms with Gasteiger partial charge in [-0.05, 0) is 74.2 Å². The molecular weight excluding hydrogens is 420 g/mol. The van der Waals surface area contributed by atoms with Crippen LogP contribution in [0.1, 0.15) is 48.6 Å². The fourth-order valence-corrected chi connectivity index (χ4v) is 6.77. The second-order valence-electron chi connectivity index (χ2n) is 10.7. The highest BCUT2D eigenvalue weighted by molar-refractivity contribution is 5.91. The Hall–Kier alpha value is -3.90. The minimum absolute atomic E-state index is 0.00356. The van der Waals surface area contributed by atoms with Crippen LogP contribution in [0.15, 0.2) is 115 Å². The second kappa shape index (κ2) is 7.06. The van der Waals surface area contributed by atoms with Gasteiger partial charge in [-0.15, -0.1) is 0 Å². The first-order valence-corrected chi connectivity index (χ1v) is 12.5. The van der Waals surface area contributed by atoms with Crippen LogP contribution < -0.4 is 0 Å². The predicted molar refractivity (Wildman–Crippen MR) is 147 cm³/mol. The largest absolute Gasteiger partial charge is 0.0622 e. The van der Waals surface area contributed by atoms with Gasteiger partial charge < -0.3 is 0 Å². The quantitative estimate of drug-likeness (QED) is 0.253. The Labute approximate surface area is 207 Å². The van der Waals surface area contributed by atoms with Crippen LogP contribution in [0, 0.1) is 0 Å². The summed E-state index contributed by atoms with van der Waals surface area (Å²) in [4.78, 5) is 0. The fraction of sp³-hybridized carbons (Fsp3) is 0.143. The molecule has 0 spiro atoms. The van der Waals surface area contributed by atoms with E-state index in [9.17, 15) is 0 Å². The van der Waals surface area contributed by atoms with Crippen LogP contribution in [0.3, 0.4) is 0 Å². The van der Waals surface area contributed by atoms with E-state index >= 15 is 0 Å². The highest BCUT2D eigenvalue weighted by atomic mass is 14.5. The zero-order chi connectivity index (χ0) is 23.8. The number of benzene rings is 5. The summed E-state index contributed by atoms with van der Waals surface area (Å²) in [6, 6.07) is 42.8. The Kier molecular flexibility index (Phi) is 4.13. The summed E-state index contributed by atoms with van der Waals surface area (Å²) >= 11 is 0. The van der Waals surface area contributed by atoms with Gasteiger partial charge in [0.1, 0.15) is 0 Å². The lowest BCUT2D eigenvalue weighted by Crippen LogP contribution is -2.24. The molecular formula is C35H28. The SMILES string of the molecule is CC1(C)c2ccccc2-c2c1cccc2C1(C)c2ccccc2-c2cc(-c3ccccc3)ccc21. The maximum absolute atomic E-state index is 2.43. The van der Waals surface area contributed by atoms with Gasteiger partial charge in [-0.1, -0.05) is 123 Å². The van der Waals surface area contributed by atoms with Crippen LogP contribution in [0.4, 0.5) is 0 Å². The minimum Gasteiger partial charge on any atom is -0.0622 e. The lowest BCUT2D eigenvalue weighted by molar-refractivity contribution is 0.656. The average molecular weight is 449 g/mol. The summed E-state index contributed by atoms with van der Waals surface area (Å²) in [5.74, 6) is 0. The molecule has 0 bridgehead atoms. The van der Waals surface area contributed by atoms with Crippen molar-refractivity contribution >= 4 is 0 Å². The van der Waals surface area contributed by atoms with E-state index in [1.165, 1.54) is 61.2 Å². The van der Waals surface area contributed by atoms with Crippen molar-refractivity contribution in [3.05, 3.63) is 143 Å². The molecule has 2 aliphatic rings. The third-order valence-electron chi connectivity index (χ3n) is 8.57. The molecule has 2 aliphatic carbocycles. The number of rotatable bonds is 2. The smallest absolute Gasteiger partial charge is 0.0441 e. The average Bonchev–Trinajstić information content (AvgIpc) is 3.31. The van der Waals surface area contributed by atoms with Crippen LogP contribution in [0.5, 0.6) is 0 Å². The summed E-state index contributed by atoms with van der Waals surface area (Å²) in [6.07, 6.45) is 0. The molecule has 0 N–H and O–H groups in total. The van der Waals surface area contributed by atoms with Crippen molar-refractivity contribution in [1.82, 2.24) is 0 Å². The van der Waals surface area contributed by atoms with Gasteiger partial charge in [0, 0.05) is 10.8 Å². The molecule has 0 radical (unpaired) electrons. The highest BCUT2D eigenvalue weighted by Crippen LogP contribution is 2.58. The third kappa shape index (κ3) is 2.63. The predicted octanol–water partition coefficient (Wildman–Crippen LogP) is 8.99. The van der Waals surface area contributed by atoms with Gasteiger partial charge in [-0.25, -0.2) is 0 Å². The minimum atomic E-state index is -0.222. The molecule has 0 heteroatoms. The van der Waals surface area contributed by atoms with Crippen molar-refractivity contribution in [3.63, 3.8) is 0 Å². The molecule has 5 aromatic carbocycles. The standard InChI is InChI=1S/C35H28/c1-34(2)28-16-9-8-15-26(28)33-31(34)18-11-19-32(33)35(3)29-17-10-7-14-25(29)27-22-24(20-21-30(27)35)23-12-5-4-6-13-23/h4-22H,1-3H3. The maximum atomic E-state index is 2.43. The van der Waals surface area contributed by atoms with Gasteiger partial charge in [0.25, 0.3) is 0 Å². The Bertz CT molecular complexity index is 1620. The van der Waals surface area contributed by atoms with Gasteiger partial charge in [0.05, 0.1) is 0 Å². The summed E-state index contributed by atoms with van der Waals surface area (Å²) in [7, 11) is 0. The van der Waals surface area contributed by atoms with E-state index < -0.39 is 0 Å². The van der Waals surface area contributed by atoms with Gasteiger partial charge in [-0.3, -0.25) is 0 Å². The molecule has 1 unspecified atom stereocenters. The molecule has 1 atom stereocenters. The first kappa shape index (κ1) is 20.5. The van der Waals surface area contributed by atoms with Crippen LogP contribution in [0.25, 0.3) is 33.4 Å². The van der Waals surface area contributed by atoms with Crippen LogP contribution >= 0.6 is 0 Å². The zero-order valence-electron chi connectivity index (χ0n) is 20.5. The van der Waals surface area contributed by atoms with Crippen LogP contribution in [-0.2, 0) is 10.8 Å².